The van der Waals surface area contributed by atoms with Crippen molar-refractivity contribution in [2.24, 2.45) is 0 Å². The van der Waals surface area contributed by atoms with Gasteiger partial charge in [-0.1, -0.05) is 30.7 Å². The van der Waals surface area contributed by atoms with Crippen LogP contribution in [0.15, 0.2) is 24.3 Å². The third-order valence-electron chi connectivity index (χ3n) is 3.56. The van der Waals surface area contributed by atoms with Crippen LogP contribution >= 0.6 is 0 Å². The SMILES string of the molecule is CCC1(C(=O)c2cccc(C)c2)CCCN1. The van der Waals surface area contributed by atoms with E-state index in [9.17, 15) is 4.79 Å². The molecule has 0 spiro atoms. The van der Waals surface area contributed by atoms with E-state index in [1.54, 1.807) is 0 Å². The Hall–Kier alpha value is -1.15. The molecule has 1 aromatic carbocycles. The molecule has 0 amide bonds. The quantitative estimate of drug-likeness (QED) is 0.789. The van der Waals surface area contributed by atoms with Crippen LogP contribution in [-0.2, 0) is 0 Å². The molecule has 0 aliphatic carbocycles. The highest BCUT2D eigenvalue weighted by molar-refractivity contribution is 6.03. The lowest BCUT2D eigenvalue weighted by Crippen LogP contribution is -2.47. The lowest BCUT2D eigenvalue weighted by Gasteiger charge is -2.26. The largest absolute Gasteiger partial charge is 0.305 e. The van der Waals surface area contributed by atoms with Crippen LogP contribution in [0.2, 0.25) is 0 Å². The van der Waals surface area contributed by atoms with Crippen molar-refractivity contribution < 1.29 is 4.79 Å². The van der Waals surface area contributed by atoms with Gasteiger partial charge in [-0.25, -0.2) is 0 Å². The molecule has 0 aromatic heterocycles. The molecule has 0 bridgehead atoms. The van der Waals surface area contributed by atoms with Crippen LogP contribution < -0.4 is 5.32 Å². The number of benzene rings is 1. The van der Waals surface area contributed by atoms with Crippen molar-refractivity contribution in [3.05, 3.63) is 35.4 Å². The second kappa shape index (κ2) is 4.38. The molecular weight excluding hydrogens is 198 g/mol. The fourth-order valence-corrected chi connectivity index (χ4v) is 2.52. The van der Waals surface area contributed by atoms with Gasteiger partial charge in [-0.3, -0.25) is 4.79 Å². The molecule has 1 N–H and O–H groups in total. The molecule has 2 nitrogen and oxygen atoms in total. The van der Waals surface area contributed by atoms with Gasteiger partial charge in [0, 0.05) is 5.56 Å². The fourth-order valence-electron chi connectivity index (χ4n) is 2.52. The van der Waals surface area contributed by atoms with Crippen molar-refractivity contribution in [1.29, 1.82) is 0 Å². The molecule has 2 rings (SSSR count). The molecule has 2 heteroatoms. The lowest BCUT2D eigenvalue weighted by atomic mass is 9.85. The Morgan fingerprint density at radius 3 is 2.88 bits per heavy atom. The van der Waals surface area contributed by atoms with Crippen LogP contribution in [0.5, 0.6) is 0 Å². The molecule has 1 saturated heterocycles. The van der Waals surface area contributed by atoms with Crippen molar-refractivity contribution in [2.45, 2.75) is 38.6 Å². The minimum atomic E-state index is -0.298. The fraction of sp³-hybridized carbons (Fsp3) is 0.500. The Balaban J connectivity index is 2.30. The van der Waals surface area contributed by atoms with Gasteiger partial charge in [-0.15, -0.1) is 0 Å². The maximum Gasteiger partial charge on any atom is 0.182 e. The number of Topliss-reactive ketones (excluding diaryl/α,β-unsaturated/α-hetero) is 1. The molecule has 1 aromatic rings. The summed E-state index contributed by atoms with van der Waals surface area (Å²) in [5, 5.41) is 3.39. The van der Waals surface area contributed by atoms with Crippen LogP contribution in [0.4, 0.5) is 0 Å². The summed E-state index contributed by atoms with van der Waals surface area (Å²) in [6, 6.07) is 7.89. The number of ketones is 1. The maximum atomic E-state index is 12.5. The average Bonchev–Trinajstić information content (AvgIpc) is 2.78. The molecule has 0 radical (unpaired) electrons. The van der Waals surface area contributed by atoms with Gasteiger partial charge in [-0.2, -0.15) is 0 Å². The number of hydrogen-bond acceptors (Lipinski definition) is 2. The zero-order valence-electron chi connectivity index (χ0n) is 10.0. The third-order valence-corrected chi connectivity index (χ3v) is 3.56. The maximum absolute atomic E-state index is 12.5. The second-order valence-electron chi connectivity index (χ2n) is 4.66. The zero-order chi connectivity index (χ0) is 11.6. The van der Waals surface area contributed by atoms with Gasteiger partial charge < -0.3 is 5.32 Å². The minimum absolute atomic E-state index is 0.260. The Kier molecular flexibility index (Phi) is 3.10. The highest BCUT2D eigenvalue weighted by Gasteiger charge is 2.39. The van der Waals surface area contributed by atoms with E-state index in [1.165, 1.54) is 0 Å². The van der Waals surface area contributed by atoms with E-state index in [4.69, 9.17) is 0 Å². The first-order chi connectivity index (χ1) is 7.68. The van der Waals surface area contributed by atoms with E-state index < -0.39 is 0 Å². The van der Waals surface area contributed by atoms with Gasteiger partial charge in [0.2, 0.25) is 0 Å². The summed E-state index contributed by atoms with van der Waals surface area (Å²) in [5.74, 6) is 0.260. The van der Waals surface area contributed by atoms with Crippen molar-refractivity contribution in [1.82, 2.24) is 5.32 Å². The van der Waals surface area contributed by atoms with Crippen molar-refractivity contribution in [2.75, 3.05) is 6.54 Å². The number of hydrogen-bond donors (Lipinski definition) is 1. The first-order valence-electron chi connectivity index (χ1n) is 6.04. The molecule has 0 saturated carbocycles. The van der Waals surface area contributed by atoms with E-state index in [-0.39, 0.29) is 11.3 Å². The smallest absolute Gasteiger partial charge is 0.182 e. The van der Waals surface area contributed by atoms with Crippen LogP contribution in [0.25, 0.3) is 0 Å². The van der Waals surface area contributed by atoms with Crippen LogP contribution in [0.3, 0.4) is 0 Å². The lowest BCUT2D eigenvalue weighted by molar-refractivity contribution is 0.0864. The van der Waals surface area contributed by atoms with E-state index in [1.807, 2.05) is 31.2 Å². The first kappa shape index (κ1) is 11.3. The van der Waals surface area contributed by atoms with E-state index in [0.717, 1.165) is 36.9 Å². The monoisotopic (exact) mass is 217 g/mol. The van der Waals surface area contributed by atoms with Crippen molar-refractivity contribution in [3.63, 3.8) is 0 Å². The summed E-state index contributed by atoms with van der Waals surface area (Å²) in [6.45, 7) is 5.08. The van der Waals surface area contributed by atoms with Gasteiger partial charge in [0.15, 0.2) is 5.78 Å². The predicted molar refractivity (Wildman–Crippen MR) is 65.8 cm³/mol. The molecule has 1 fully saturated rings. The zero-order valence-corrected chi connectivity index (χ0v) is 10.0. The molecule has 1 aliphatic heterocycles. The number of carbonyl (C=O) groups is 1. The molecular formula is C14H19NO. The van der Waals surface area contributed by atoms with Gasteiger partial charge in [-0.05, 0) is 38.8 Å². The Bertz CT molecular complexity index is 391. The standard InChI is InChI=1S/C14H19NO/c1-3-14(8-5-9-15-14)13(16)12-7-4-6-11(2)10-12/h4,6-7,10,15H,3,5,8-9H2,1-2H3. The van der Waals surface area contributed by atoms with Crippen molar-refractivity contribution in [3.8, 4) is 0 Å². The third kappa shape index (κ3) is 1.90. The Morgan fingerprint density at radius 2 is 2.31 bits per heavy atom. The molecule has 86 valence electrons. The Morgan fingerprint density at radius 1 is 1.50 bits per heavy atom. The number of rotatable bonds is 3. The summed E-state index contributed by atoms with van der Waals surface area (Å²) >= 11 is 0. The molecule has 1 unspecified atom stereocenters. The van der Waals surface area contributed by atoms with Gasteiger partial charge in [0.1, 0.15) is 0 Å². The van der Waals surface area contributed by atoms with Crippen LogP contribution in [-0.4, -0.2) is 17.9 Å². The topological polar surface area (TPSA) is 29.1 Å². The molecule has 1 aliphatic rings. The molecule has 1 atom stereocenters. The number of aryl methyl sites for hydroxylation is 1. The molecule has 1 heterocycles. The van der Waals surface area contributed by atoms with Gasteiger partial charge >= 0.3 is 0 Å². The highest BCUT2D eigenvalue weighted by Crippen LogP contribution is 2.27. The summed E-state index contributed by atoms with van der Waals surface area (Å²) in [6.07, 6.45) is 2.95. The number of carbonyl (C=O) groups excluding carboxylic acids is 1. The van der Waals surface area contributed by atoms with E-state index >= 15 is 0 Å². The second-order valence-corrected chi connectivity index (χ2v) is 4.66. The van der Waals surface area contributed by atoms with Gasteiger partial charge in [0.05, 0.1) is 5.54 Å². The first-order valence-corrected chi connectivity index (χ1v) is 6.04. The van der Waals surface area contributed by atoms with Crippen LogP contribution in [0, 0.1) is 6.92 Å². The van der Waals surface area contributed by atoms with Crippen molar-refractivity contribution >= 4 is 5.78 Å². The predicted octanol–water partition coefficient (Wildman–Crippen LogP) is 2.71. The van der Waals surface area contributed by atoms with Gasteiger partial charge in [0.25, 0.3) is 0 Å². The Labute approximate surface area is 97.1 Å². The summed E-state index contributed by atoms with van der Waals surface area (Å²) in [4.78, 5) is 12.5. The molecule has 16 heavy (non-hydrogen) atoms. The van der Waals surface area contributed by atoms with Crippen LogP contribution in [0.1, 0.15) is 42.1 Å². The number of nitrogens with one attached hydrogen (secondary N) is 1. The normalized spacial score (nSPS) is 24.6. The summed E-state index contributed by atoms with van der Waals surface area (Å²) in [5.41, 5.74) is 1.69. The summed E-state index contributed by atoms with van der Waals surface area (Å²) < 4.78 is 0. The van der Waals surface area contributed by atoms with E-state index in [0.29, 0.717) is 0 Å². The highest BCUT2D eigenvalue weighted by atomic mass is 16.1. The summed E-state index contributed by atoms with van der Waals surface area (Å²) in [7, 11) is 0. The minimum Gasteiger partial charge on any atom is -0.305 e. The van der Waals surface area contributed by atoms with E-state index in [2.05, 4.69) is 12.2 Å². The average molecular weight is 217 g/mol.